The number of carboxylic acid groups (broad SMARTS) is 1. The van der Waals surface area contributed by atoms with E-state index >= 15 is 0 Å². The predicted octanol–water partition coefficient (Wildman–Crippen LogP) is -1.81. The van der Waals surface area contributed by atoms with Crippen LogP contribution in [-0.4, -0.2) is 76.7 Å². The van der Waals surface area contributed by atoms with Crippen LogP contribution in [0.5, 0.6) is 0 Å². The van der Waals surface area contributed by atoms with Gasteiger partial charge in [-0.2, -0.15) is 0 Å². The van der Waals surface area contributed by atoms with E-state index in [2.05, 4.69) is 20.9 Å². The first kappa shape index (κ1) is 31.3. The van der Waals surface area contributed by atoms with Gasteiger partial charge in [0.15, 0.2) is 5.96 Å². The van der Waals surface area contributed by atoms with Crippen molar-refractivity contribution in [1.29, 1.82) is 0 Å². The van der Waals surface area contributed by atoms with Crippen LogP contribution < -0.4 is 33.2 Å². The summed E-state index contributed by atoms with van der Waals surface area (Å²) in [5.74, 6) is -3.87. The Balaban J connectivity index is 3.15. The molecule has 0 heterocycles. The van der Waals surface area contributed by atoms with Gasteiger partial charge in [0.05, 0.1) is 6.10 Å². The molecule has 1 aromatic carbocycles. The molecule has 0 radical (unpaired) electrons. The topological polar surface area (TPSA) is 235 Å². The smallest absolute Gasteiger partial charge is 0.326 e. The van der Waals surface area contributed by atoms with Gasteiger partial charge in [-0.3, -0.25) is 19.4 Å². The number of carbonyl (C=O) groups is 4. The molecule has 13 heteroatoms. The van der Waals surface area contributed by atoms with Crippen molar-refractivity contribution >= 4 is 29.7 Å². The van der Waals surface area contributed by atoms with Crippen molar-refractivity contribution in [3.8, 4) is 0 Å². The summed E-state index contributed by atoms with van der Waals surface area (Å²) in [7, 11) is 0. The second-order valence-corrected chi connectivity index (χ2v) is 9.10. The molecule has 13 nitrogen and oxygen atoms in total. The molecule has 0 saturated heterocycles. The average molecular weight is 522 g/mol. The minimum absolute atomic E-state index is 0.0741. The monoisotopic (exact) mass is 521 g/mol. The van der Waals surface area contributed by atoms with Crippen LogP contribution in [0.4, 0.5) is 0 Å². The molecule has 0 aliphatic heterocycles. The Kier molecular flexibility index (Phi) is 13.0. The lowest BCUT2D eigenvalue weighted by atomic mass is 10.0. The molecule has 0 aliphatic carbocycles. The summed E-state index contributed by atoms with van der Waals surface area (Å²) in [5.41, 5.74) is 17.1. The molecule has 0 bridgehead atoms. The normalized spacial score (nSPS) is 15.0. The van der Waals surface area contributed by atoms with E-state index < -0.39 is 59.9 Å². The first-order valence-electron chi connectivity index (χ1n) is 12.0. The number of benzene rings is 1. The van der Waals surface area contributed by atoms with E-state index in [-0.39, 0.29) is 25.3 Å². The van der Waals surface area contributed by atoms with E-state index in [1.807, 2.05) is 0 Å². The van der Waals surface area contributed by atoms with Gasteiger partial charge in [0.25, 0.3) is 0 Å². The molecule has 5 atom stereocenters. The van der Waals surface area contributed by atoms with Crippen molar-refractivity contribution in [3.05, 3.63) is 35.9 Å². The highest BCUT2D eigenvalue weighted by Crippen LogP contribution is 2.08. The Morgan fingerprint density at radius 1 is 0.919 bits per heavy atom. The summed E-state index contributed by atoms with van der Waals surface area (Å²) >= 11 is 0. The second kappa shape index (κ2) is 15.4. The number of carbonyl (C=O) groups excluding carboxylic acids is 3. The molecule has 0 saturated carbocycles. The summed E-state index contributed by atoms with van der Waals surface area (Å²) in [4.78, 5) is 54.3. The number of rotatable bonds is 15. The van der Waals surface area contributed by atoms with Crippen LogP contribution in [0.1, 0.15) is 39.2 Å². The number of aliphatic carboxylic acids is 1. The van der Waals surface area contributed by atoms with Crippen LogP contribution in [0.3, 0.4) is 0 Å². The van der Waals surface area contributed by atoms with Crippen molar-refractivity contribution in [3.63, 3.8) is 0 Å². The van der Waals surface area contributed by atoms with E-state index in [9.17, 15) is 29.4 Å². The van der Waals surface area contributed by atoms with Gasteiger partial charge in [-0.15, -0.1) is 0 Å². The summed E-state index contributed by atoms with van der Waals surface area (Å²) in [6.45, 7) is 4.83. The van der Waals surface area contributed by atoms with E-state index in [1.165, 1.54) is 6.92 Å². The third kappa shape index (κ3) is 11.3. The Labute approximate surface area is 216 Å². The third-order valence-corrected chi connectivity index (χ3v) is 5.55. The lowest BCUT2D eigenvalue weighted by Crippen LogP contribution is -2.59. The number of aliphatic hydroxyl groups excluding tert-OH is 1. The van der Waals surface area contributed by atoms with Crippen LogP contribution in [0, 0.1) is 5.92 Å². The first-order valence-corrected chi connectivity index (χ1v) is 12.0. The zero-order valence-electron chi connectivity index (χ0n) is 21.4. The van der Waals surface area contributed by atoms with Gasteiger partial charge < -0.3 is 43.4 Å². The van der Waals surface area contributed by atoms with Gasteiger partial charge in [-0.25, -0.2) is 4.79 Å². The fourth-order valence-corrected chi connectivity index (χ4v) is 3.36. The van der Waals surface area contributed by atoms with Gasteiger partial charge in [-0.05, 0) is 31.2 Å². The van der Waals surface area contributed by atoms with Crippen molar-refractivity contribution in [1.82, 2.24) is 16.0 Å². The van der Waals surface area contributed by atoms with Crippen molar-refractivity contribution in [2.24, 2.45) is 28.1 Å². The zero-order chi connectivity index (χ0) is 28.1. The Morgan fingerprint density at radius 2 is 1.49 bits per heavy atom. The molecule has 0 spiro atoms. The predicted molar refractivity (Wildman–Crippen MR) is 138 cm³/mol. The van der Waals surface area contributed by atoms with Gasteiger partial charge in [-0.1, -0.05) is 44.2 Å². The summed E-state index contributed by atoms with van der Waals surface area (Å²) in [5, 5.41) is 26.7. The van der Waals surface area contributed by atoms with Gasteiger partial charge in [0.2, 0.25) is 17.7 Å². The highest BCUT2D eigenvalue weighted by Gasteiger charge is 2.31. The molecule has 0 aromatic heterocycles. The molecule has 37 heavy (non-hydrogen) atoms. The lowest BCUT2D eigenvalue weighted by molar-refractivity contribution is -0.143. The molecular formula is C24H39N7O6. The molecular weight excluding hydrogens is 482 g/mol. The minimum Gasteiger partial charge on any atom is -0.480 e. The summed E-state index contributed by atoms with van der Waals surface area (Å²) < 4.78 is 0. The van der Waals surface area contributed by atoms with Crippen LogP contribution in [-0.2, 0) is 25.6 Å². The number of aliphatic hydroxyl groups is 1. The lowest BCUT2D eigenvalue weighted by Gasteiger charge is -2.26. The Bertz CT molecular complexity index is 935. The van der Waals surface area contributed by atoms with Gasteiger partial charge in [0.1, 0.15) is 24.2 Å². The number of nitrogens with two attached hydrogens (primary N) is 3. The molecule has 0 fully saturated rings. The molecule has 3 amide bonds. The first-order chi connectivity index (χ1) is 17.3. The molecule has 0 aliphatic rings. The summed E-state index contributed by atoms with van der Waals surface area (Å²) in [6.07, 6.45) is -0.676. The maximum Gasteiger partial charge on any atom is 0.326 e. The molecule has 11 N–H and O–H groups in total. The van der Waals surface area contributed by atoms with Gasteiger partial charge >= 0.3 is 5.97 Å². The maximum atomic E-state index is 13.2. The van der Waals surface area contributed by atoms with E-state index in [0.29, 0.717) is 6.42 Å². The second-order valence-electron chi connectivity index (χ2n) is 9.10. The number of aliphatic imine (C=N–C) groups is 1. The highest BCUT2D eigenvalue weighted by atomic mass is 16.4. The minimum atomic E-state index is -1.28. The van der Waals surface area contributed by atoms with Crippen LogP contribution >= 0.6 is 0 Å². The van der Waals surface area contributed by atoms with E-state index in [1.54, 1.807) is 44.2 Å². The number of hydrogen-bond acceptors (Lipinski definition) is 7. The van der Waals surface area contributed by atoms with Crippen molar-refractivity contribution in [2.75, 3.05) is 6.54 Å². The summed E-state index contributed by atoms with van der Waals surface area (Å²) in [6, 6.07) is 4.15. The average Bonchev–Trinajstić information content (AvgIpc) is 2.82. The fourth-order valence-electron chi connectivity index (χ4n) is 3.36. The Hall–Kier alpha value is -3.71. The van der Waals surface area contributed by atoms with Crippen molar-refractivity contribution in [2.45, 2.75) is 70.3 Å². The number of carboxylic acids is 1. The molecule has 1 rings (SSSR count). The SMILES string of the molecule is CC(C)C(NC(=O)C(Cc1ccccc1)NC(=O)C(CCCN=C(N)N)NC(=O)C(N)C(C)O)C(=O)O. The largest absolute Gasteiger partial charge is 0.480 e. The quantitative estimate of drug-likeness (QED) is 0.0736. The van der Waals surface area contributed by atoms with Crippen LogP contribution in [0.25, 0.3) is 0 Å². The third-order valence-electron chi connectivity index (χ3n) is 5.55. The number of guanidine groups is 1. The highest BCUT2D eigenvalue weighted by molar-refractivity contribution is 5.94. The van der Waals surface area contributed by atoms with E-state index in [4.69, 9.17) is 17.2 Å². The Morgan fingerprint density at radius 3 is 2.00 bits per heavy atom. The number of nitrogens with zero attached hydrogens (tertiary/aromatic N) is 1. The molecule has 5 unspecified atom stereocenters. The number of hydrogen-bond donors (Lipinski definition) is 8. The molecule has 1 aromatic rings. The maximum absolute atomic E-state index is 13.2. The van der Waals surface area contributed by atoms with Crippen molar-refractivity contribution < 1.29 is 29.4 Å². The fraction of sp³-hybridized carbons (Fsp3) is 0.542. The van der Waals surface area contributed by atoms with E-state index in [0.717, 1.165) is 5.56 Å². The number of nitrogens with one attached hydrogen (secondary N) is 3. The number of amides is 3. The molecule has 206 valence electrons. The van der Waals surface area contributed by atoms with Crippen LogP contribution in [0.15, 0.2) is 35.3 Å². The van der Waals surface area contributed by atoms with Gasteiger partial charge in [0, 0.05) is 13.0 Å². The van der Waals surface area contributed by atoms with Crippen LogP contribution in [0.2, 0.25) is 0 Å². The zero-order valence-corrected chi connectivity index (χ0v) is 21.4. The standard InChI is InChI=1S/C24H39N7O6/c1-13(2)19(23(36)37)31-21(34)17(12-15-8-5-4-6-9-15)30-20(33)16(10-7-11-28-24(26)27)29-22(35)18(25)14(3)32/h4-6,8-9,13-14,16-19,32H,7,10-12,25H2,1-3H3,(H,29,35)(H,30,33)(H,31,34)(H,36,37)(H4,26,27,28).